The molecule has 2 aromatic rings. The molecule has 0 atom stereocenters. The van der Waals surface area contributed by atoms with Gasteiger partial charge in [-0.05, 0) is 24.7 Å². The van der Waals surface area contributed by atoms with Crippen molar-refractivity contribution in [1.29, 1.82) is 0 Å². The molecular weight excluding hydrogens is 258 g/mol. The summed E-state index contributed by atoms with van der Waals surface area (Å²) in [6.45, 7) is 4.98. The van der Waals surface area contributed by atoms with E-state index in [2.05, 4.69) is 39.7 Å². The van der Waals surface area contributed by atoms with Crippen LogP contribution in [0.2, 0.25) is 0 Å². The zero-order chi connectivity index (χ0) is 13.7. The lowest BCUT2D eigenvalue weighted by molar-refractivity contribution is 0.362. The van der Waals surface area contributed by atoms with Gasteiger partial charge in [0.05, 0.1) is 5.75 Å². The minimum absolute atomic E-state index is 0.283. The summed E-state index contributed by atoms with van der Waals surface area (Å²) in [5.41, 5.74) is 1.28. The van der Waals surface area contributed by atoms with Gasteiger partial charge in [0.2, 0.25) is 5.89 Å². The molecule has 0 bridgehead atoms. The maximum atomic E-state index is 5.19. The van der Waals surface area contributed by atoms with E-state index in [1.54, 1.807) is 11.8 Å². The fraction of sp³-hybridized carbons (Fsp3) is 0.429. The molecule has 1 aromatic heterocycles. The molecule has 0 fully saturated rings. The van der Waals surface area contributed by atoms with Gasteiger partial charge in [0.1, 0.15) is 0 Å². The van der Waals surface area contributed by atoms with Crippen LogP contribution in [0.15, 0.2) is 33.7 Å². The highest BCUT2D eigenvalue weighted by atomic mass is 32.2. The third kappa shape index (κ3) is 4.08. The SMILES string of the molecule is CNCc1cccc(SCc2noc(C(C)C)n2)c1. The Bertz CT molecular complexity index is 525. The fourth-order valence-electron chi connectivity index (χ4n) is 1.66. The Morgan fingerprint density at radius 2 is 2.21 bits per heavy atom. The molecule has 0 amide bonds. The first-order valence-corrected chi connectivity index (χ1v) is 7.36. The Labute approximate surface area is 118 Å². The highest BCUT2D eigenvalue weighted by Crippen LogP contribution is 2.23. The van der Waals surface area contributed by atoms with Gasteiger partial charge in [-0.1, -0.05) is 31.1 Å². The second-order valence-corrected chi connectivity index (χ2v) is 5.72. The zero-order valence-electron chi connectivity index (χ0n) is 11.5. The Kier molecular flexibility index (Phi) is 4.99. The molecule has 1 aromatic carbocycles. The van der Waals surface area contributed by atoms with Crippen LogP contribution in [0.4, 0.5) is 0 Å². The van der Waals surface area contributed by atoms with Gasteiger partial charge in [0.25, 0.3) is 0 Å². The molecule has 2 rings (SSSR count). The van der Waals surface area contributed by atoms with Gasteiger partial charge in [0, 0.05) is 17.4 Å². The maximum Gasteiger partial charge on any atom is 0.229 e. The lowest BCUT2D eigenvalue weighted by Crippen LogP contribution is -2.04. The molecule has 19 heavy (non-hydrogen) atoms. The van der Waals surface area contributed by atoms with Crippen molar-refractivity contribution in [3.8, 4) is 0 Å². The zero-order valence-corrected chi connectivity index (χ0v) is 12.3. The van der Waals surface area contributed by atoms with Crippen LogP contribution in [0.5, 0.6) is 0 Å². The molecule has 0 radical (unpaired) electrons. The Hall–Kier alpha value is -1.33. The van der Waals surface area contributed by atoms with Gasteiger partial charge in [-0.2, -0.15) is 4.98 Å². The molecule has 1 N–H and O–H groups in total. The van der Waals surface area contributed by atoms with Crippen molar-refractivity contribution >= 4 is 11.8 Å². The van der Waals surface area contributed by atoms with Gasteiger partial charge < -0.3 is 9.84 Å². The van der Waals surface area contributed by atoms with E-state index in [-0.39, 0.29) is 5.92 Å². The molecule has 102 valence electrons. The van der Waals surface area contributed by atoms with E-state index in [1.807, 2.05) is 20.9 Å². The number of hydrogen-bond acceptors (Lipinski definition) is 5. The van der Waals surface area contributed by atoms with E-state index in [0.717, 1.165) is 18.1 Å². The number of aromatic nitrogens is 2. The monoisotopic (exact) mass is 277 g/mol. The van der Waals surface area contributed by atoms with Gasteiger partial charge in [-0.3, -0.25) is 0 Å². The van der Waals surface area contributed by atoms with E-state index in [0.29, 0.717) is 5.89 Å². The predicted molar refractivity (Wildman–Crippen MR) is 77.2 cm³/mol. The minimum atomic E-state index is 0.283. The molecule has 0 unspecified atom stereocenters. The van der Waals surface area contributed by atoms with Crippen LogP contribution >= 0.6 is 11.8 Å². The topological polar surface area (TPSA) is 51.0 Å². The van der Waals surface area contributed by atoms with Gasteiger partial charge in [-0.25, -0.2) is 0 Å². The van der Waals surface area contributed by atoms with Crippen molar-refractivity contribution in [1.82, 2.24) is 15.5 Å². The van der Waals surface area contributed by atoms with Gasteiger partial charge >= 0.3 is 0 Å². The molecule has 0 aliphatic heterocycles. The maximum absolute atomic E-state index is 5.19. The number of thioether (sulfide) groups is 1. The first kappa shape index (κ1) is 14.1. The average Bonchev–Trinajstić information content (AvgIpc) is 2.86. The van der Waals surface area contributed by atoms with E-state index in [9.17, 15) is 0 Å². The first-order chi connectivity index (χ1) is 9.19. The summed E-state index contributed by atoms with van der Waals surface area (Å²) >= 11 is 1.73. The predicted octanol–water partition coefficient (Wildman–Crippen LogP) is 3.20. The third-order valence-corrected chi connectivity index (χ3v) is 3.61. The van der Waals surface area contributed by atoms with Gasteiger partial charge in [0.15, 0.2) is 5.82 Å². The van der Waals surface area contributed by atoms with Crippen molar-refractivity contribution in [2.75, 3.05) is 7.05 Å². The van der Waals surface area contributed by atoms with Crippen LogP contribution in [-0.4, -0.2) is 17.2 Å². The summed E-state index contributed by atoms with van der Waals surface area (Å²) < 4.78 is 5.19. The molecule has 1 heterocycles. The number of hydrogen-bond donors (Lipinski definition) is 1. The van der Waals surface area contributed by atoms with E-state index < -0.39 is 0 Å². The molecular formula is C14H19N3OS. The quantitative estimate of drug-likeness (QED) is 0.822. The van der Waals surface area contributed by atoms with Crippen molar-refractivity contribution in [2.24, 2.45) is 0 Å². The van der Waals surface area contributed by atoms with E-state index in [4.69, 9.17) is 4.52 Å². The molecule has 0 saturated carbocycles. The highest BCUT2D eigenvalue weighted by Gasteiger charge is 2.09. The molecule has 5 heteroatoms. The summed E-state index contributed by atoms with van der Waals surface area (Å²) in [7, 11) is 1.95. The molecule has 0 aliphatic carbocycles. The second-order valence-electron chi connectivity index (χ2n) is 4.67. The number of rotatable bonds is 6. The summed E-state index contributed by atoms with van der Waals surface area (Å²) in [6, 6.07) is 8.48. The first-order valence-electron chi connectivity index (χ1n) is 6.38. The Morgan fingerprint density at radius 3 is 2.89 bits per heavy atom. The third-order valence-electron chi connectivity index (χ3n) is 2.62. The van der Waals surface area contributed by atoms with E-state index >= 15 is 0 Å². The van der Waals surface area contributed by atoms with Crippen molar-refractivity contribution in [3.05, 3.63) is 41.5 Å². The van der Waals surface area contributed by atoms with Crippen LogP contribution < -0.4 is 5.32 Å². The fourth-order valence-corrected chi connectivity index (χ4v) is 2.48. The molecule has 4 nitrogen and oxygen atoms in total. The molecule has 0 spiro atoms. The lowest BCUT2D eigenvalue weighted by atomic mass is 10.2. The Balaban J connectivity index is 1.95. The van der Waals surface area contributed by atoms with Crippen LogP contribution in [0.25, 0.3) is 0 Å². The van der Waals surface area contributed by atoms with Crippen LogP contribution in [-0.2, 0) is 12.3 Å². The largest absolute Gasteiger partial charge is 0.339 e. The second kappa shape index (κ2) is 6.73. The summed E-state index contributed by atoms with van der Waals surface area (Å²) in [5, 5.41) is 7.14. The highest BCUT2D eigenvalue weighted by molar-refractivity contribution is 7.98. The standard InChI is InChI=1S/C14H19N3OS/c1-10(2)14-16-13(17-18-14)9-19-12-6-4-5-11(7-12)8-15-3/h4-7,10,15H,8-9H2,1-3H3. The Morgan fingerprint density at radius 1 is 1.37 bits per heavy atom. The van der Waals surface area contributed by atoms with Crippen LogP contribution in [0.3, 0.4) is 0 Å². The summed E-state index contributed by atoms with van der Waals surface area (Å²) in [5.74, 6) is 2.48. The number of nitrogens with one attached hydrogen (secondary N) is 1. The van der Waals surface area contributed by atoms with Crippen LogP contribution in [0, 0.1) is 0 Å². The normalized spacial score (nSPS) is 11.2. The average molecular weight is 277 g/mol. The summed E-state index contributed by atoms with van der Waals surface area (Å²) in [4.78, 5) is 5.60. The molecule has 0 saturated heterocycles. The summed E-state index contributed by atoms with van der Waals surface area (Å²) in [6.07, 6.45) is 0. The van der Waals surface area contributed by atoms with E-state index in [1.165, 1.54) is 10.5 Å². The van der Waals surface area contributed by atoms with Crippen molar-refractivity contribution in [2.45, 2.75) is 37.0 Å². The van der Waals surface area contributed by atoms with Crippen molar-refractivity contribution in [3.63, 3.8) is 0 Å². The number of benzene rings is 1. The lowest BCUT2D eigenvalue weighted by Gasteiger charge is -2.03. The van der Waals surface area contributed by atoms with Crippen molar-refractivity contribution < 1.29 is 4.52 Å². The minimum Gasteiger partial charge on any atom is -0.339 e. The van der Waals surface area contributed by atoms with Gasteiger partial charge in [-0.15, -0.1) is 11.8 Å². The smallest absolute Gasteiger partial charge is 0.229 e. The number of nitrogens with zero attached hydrogens (tertiary/aromatic N) is 2. The molecule has 0 aliphatic rings. The van der Waals surface area contributed by atoms with Crippen LogP contribution in [0.1, 0.15) is 37.0 Å².